The fourth-order valence-corrected chi connectivity index (χ4v) is 7.12. The zero-order valence-corrected chi connectivity index (χ0v) is 21.5. The van der Waals surface area contributed by atoms with Gasteiger partial charge in [0.25, 0.3) is 11.5 Å². The smallest absolute Gasteiger partial charge is 0.330 e. The van der Waals surface area contributed by atoms with E-state index < -0.39 is 40.7 Å². The summed E-state index contributed by atoms with van der Waals surface area (Å²) in [6.45, 7) is -0.478. The van der Waals surface area contributed by atoms with E-state index >= 15 is 0 Å². The van der Waals surface area contributed by atoms with Crippen molar-refractivity contribution >= 4 is 23.4 Å². The lowest BCUT2D eigenvalue weighted by molar-refractivity contribution is -0.196. The Balaban J connectivity index is 1.37. The van der Waals surface area contributed by atoms with Crippen LogP contribution in [0.5, 0.6) is 0 Å². The Morgan fingerprint density at radius 2 is 1.84 bits per heavy atom. The maximum Gasteiger partial charge on any atom is 0.330 e. The number of esters is 1. The van der Waals surface area contributed by atoms with Gasteiger partial charge in [-0.3, -0.25) is 28.8 Å². The number of aromatic nitrogens is 2. The van der Waals surface area contributed by atoms with Crippen molar-refractivity contribution in [2.24, 2.45) is 17.3 Å². The molecule has 1 heterocycles. The van der Waals surface area contributed by atoms with E-state index in [1.165, 1.54) is 11.7 Å². The van der Waals surface area contributed by atoms with Crippen molar-refractivity contribution in [1.82, 2.24) is 9.55 Å². The Hall–Kier alpha value is -3.44. The number of nitrogens with zero attached hydrogens (tertiary/aromatic N) is 2. The maximum absolute atomic E-state index is 13.4. The van der Waals surface area contributed by atoms with E-state index in [1.807, 2.05) is 30.3 Å². The van der Waals surface area contributed by atoms with Gasteiger partial charge in [-0.25, -0.2) is 4.79 Å². The SMILES string of the molecule is COCCN(C(=O)COC(=O)C12C[C@@H]3C[C@@H](CC(O)(C3)C1)C2)c1c(N)n(Cc2ccccc2)c(=O)[nH]c1=O. The fourth-order valence-electron chi connectivity index (χ4n) is 7.12. The molecule has 2 unspecified atom stereocenters. The minimum atomic E-state index is -0.841. The standard InChI is InChI=1S/C27H34N4O7/c1-37-8-7-30(21-22(28)31(25(35)29-23(21)33)14-17-5-3-2-4-6-17)20(32)15-38-24(34)26-10-18-9-19(11-26)13-27(36,12-18)16-26/h2-6,18-19,36H,7-16,28H2,1H3,(H,29,33,35)/t18-,19+,26?,27?. The summed E-state index contributed by atoms with van der Waals surface area (Å²) in [6, 6.07) is 9.09. The molecule has 1 amide bonds. The highest BCUT2D eigenvalue weighted by Crippen LogP contribution is 2.62. The quantitative estimate of drug-likeness (QED) is 0.409. The average Bonchev–Trinajstić information content (AvgIpc) is 2.86. The van der Waals surface area contributed by atoms with E-state index in [2.05, 4.69) is 4.98 Å². The summed E-state index contributed by atoms with van der Waals surface area (Å²) in [5.41, 5.74) is 3.71. The number of methoxy groups -OCH3 is 1. The predicted octanol–water partition coefficient (Wildman–Crippen LogP) is 1.02. The van der Waals surface area contributed by atoms with Crippen molar-refractivity contribution in [3.63, 3.8) is 0 Å². The summed E-state index contributed by atoms with van der Waals surface area (Å²) >= 11 is 0. The Kier molecular flexibility index (Phi) is 6.91. The maximum atomic E-state index is 13.4. The monoisotopic (exact) mass is 526 g/mol. The van der Waals surface area contributed by atoms with Crippen LogP contribution < -0.4 is 21.9 Å². The first-order valence-corrected chi connectivity index (χ1v) is 13.0. The Morgan fingerprint density at radius 1 is 1.16 bits per heavy atom. The van der Waals surface area contributed by atoms with Gasteiger partial charge in [0.1, 0.15) is 5.82 Å². The molecule has 4 N–H and O–H groups in total. The van der Waals surface area contributed by atoms with Crippen LogP contribution in [0, 0.1) is 17.3 Å². The molecule has 1 aromatic heterocycles. The van der Waals surface area contributed by atoms with Crippen molar-refractivity contribution in [3.05, 3.63) is 56.7 Å². The minimum Gasteiger partial charge on any atom is -0.455 e. The highest BCUT2D eigenvalue weighted by molar-refractivity contribution is 5.97. The summed E-state index contributed by atoms with van der Waals surface area (Å²) in [5, 5.41) is 11.0. The summed E-state index contributed by atoms with van der Waals surface area (Å²) in [7, 11) is 1.45. The minimum absolute atomic E-state index is 0.0429. The number of amides is 1. The largest absolute Gasteiger partial charge is 0.455 e. The van der Waals surface area contributed by atoms with Crippen LogP contribution in [0.4, 0.5) is 11.5 Å². The number of carbonyl (C=O) groups excluding carboxylic acids is 2. The van der Waals surface area contributed by atoms with Crippen LogP contribution in [-0.4, -0.2) is 59.0 Å². The number of H-pyrrole nitrogens is 1. The lowest BCUT2D eigenvalue weighted by atomic mass is 9.48. The van der Waals surface area contributed by atoms with Gasteiger partial charge >= 0.3 is 11.7 Å². The van der Waals surface area contributed by atoms with E-state index in [0.29, 0.717) is 32.1 Å². The van der Waals surface area contributed by atoms with Crippen LogP contribution in [0.15, 0.2) is 39.9 Å². The number of hydrogen-bond donors (Lipinski definition) is 3. The number of nitrogens with two attached hydrogens (primary N) is 1. The van der Waals surface area contributed by atoms with Crippen molar-refractivity contribution in [3.8, 4) is 0 Å². The van der Waals surface area contributed by atoms with Crippen molar-refractivity contribution in [2.45, 2.75) is 50.7 Å². The van der Waals surface area contributed by atoms with E-state index in [0.717, 1.165) is 16.9 Å². The third-order valence-corrected chi connectivity index (χ3v) is 8.28. The molecule has 4 bridgehead atoms. The molecule has 11 heteroatoms. The molecule has 4 atom stereocenters. The highest BCUT2D eigenvalue weighted by Gasteiger charge is 2.61. The van der Waals surface area contributed by atoms with Crippen LogP contribution >= 0.6 is 0 Å². The Labute approximate surface area is 219 Å². The average molecular weight is 527 g/mol. The van der Waals surface area contributed by atoms with E-state index in [4.69, 9.17) is 15.2 Å². The number of nitrogen functional groups attached to an aromatic ring is 1. The van der Waals surface area contributed by atoms with Gasteiger partial charge in [-0.05, 0) is 55.9 Å². The molecule has 38 heavy (non-hydrogen) atoms. The van der Waals surface area contributed by atoms with Crippen LogP contribution in [0.1, 0.15) is 44.1 Å². The molecule has 0 radical (unpaired) electrons. The molecule has 0 aliphatic heterocycles. The molecule has 4 fully saturated rings. The number of aromatic amines is 1. The van der Waals surface area contributed by atoms with Gasteiger partial charge in [-0.1, -0.05) is 30.3 Å². The van der Waals surface area contributed by atoms with Gasteiger partial charge in [0, 0.05) is 13.7 Å². The lowest BCUT2D eigenvalue weighted by Crippen LogP contribution is -2.58. The number of anilines is 2. The van der Waals surface area contributed by atoms with Gasteiger partial charge in [0.2, 0.25) is 0 Å². The molecule has 204 valence electrons. The molecule has 0 saturated heterocycles. The second-order valence-electron chi connectivity index (χ2n) is 11.1. The molecule has 11 nitrogen and oxygen atoms in total. The van der Waals surface area contributed by atoms with Crippen molar-refractivity contribution in [2.75, 3.05) is 37.5 Å². The lowest BCUT2D eigenvalue weighted by Gasteiger charge is -2.58. The first kappa shape index (κ1) is 26.2. The number of rotatable bonds is 9. The van der Waals surface area contributed by atoms with Gasteiger partial charge in [-0.15, -0.1) is 0 Å². The molecule has 2 aromatic rings. The van der Waals surface area contributed by atoms with Gasteiger partial charge in [0.05, 0.1) is 24.2 Å². The molecule has 4 saturated carbocycles. The van der Waals surface area contributed by atoms with E-state index in [-0.39, 0.29) is 43.0 Å². The first-order valence-electron chi connectivity index (χ1n) is 13.0. The summed E-state index contributed by atoms with van der Waals surface area (Å²) in [6.07, 6.45) is 4.10. The molecule has 4 aliphatic rings. The summed E-state index contributed by atoms with van der Waals surface area (Å²) < 4.78 is 11.8. The zero-order chi connectivity index (χ0) is 27.1. The summed E-state index contributed by atoms with van der Waals surface area (Å²) in [5.74, 6) is -0.762. The first-order chi connectivity index (χ1) is 18.1. The number of nitrogens with one attached hydrogen (secondary N) is 1. The molecular weight excluding hydrogens is 492 g/mol. The van der Waals surface area contributed by atoms with Crippen LogP contribution in [0.2, 0.25) is 0 Å². The van der Waals surface area contributed by atoms with E-state index in [9.17, 15) is 24.3 Å². The number of carbonyl (C=O) groups is 2. The second-order valence-corrected chi connectivity index (χ2v) is 11.1. The molecule has 0 spiro atoms. The zero-order valence-electron chi connectivity index (χ0n) is 21.5. The molecular formula is C27H34N4O7. The van der Waals surface area contributed by atoms with Crippen molar-refractivity contribution < 1.29 is 24.2 Å². The fraction of sp³-hybridized carbons (Fsp3) is 0.556. The summed E-state index contributed by atoms with van der Waals surface area (Å²) in [4.78, 5) is 55.4. The van der Waals surface area contributed by atoms with Gasteiger partial charge in [-0.2, -0.15) is 0 Å². The third-order valence-electron chi connectivity index (χ3n) is 8.28. The molecule has 1 aromatic carbocycles. The molecule has 4 aliphatic carbocycles. The van der Waals surface area contributed by atoms with E-state index in [1.54, 1.807) is 0 Å². The predicted molar refractivity (Wildman–Crippen MR) is 139 cm³/mol. The highest BCUT2D eigenvalue weighted by atomic mass is 16.5. The number of aliphatic hydroxyl groups is 1. The van der Waals surface area contributed by atoms with Gasteiger partial charge in [0.15, 0.2) is 12.3 Å². The van der Waals surface area contributed by atoms with Crippen LogP contribution in [-0.2, 0) is 25.6 Å². The number of benzene rings is 1. The third kappa shape index (κ3) is 4.88. The number of hydrogen-bond acceptors (Lipinski definition) is 8. The van der Waals surface area contributed by atoms with Gasteiger partial charge < -0.3 is 20.3 Å². The normalized spacial score (nSPS) is 27.3. The van der Waals surface area contributed by atoms with Crippen LogP contribution in [0.3, 0.4) is 0 Å². The topological polar surface area (TPSA) is 157 Å². The Morgan fingerprint density at radius 3 is 2.47 bits per heavy atom. The Bertz CT molecular complexity index is 1320. The van der Waals surface area contributed by atoms with Crippen molar-refractivity contribution in [1.29, 1.82) is 0 Å². The second kappa shape index (κ2) is 10.0. The number of ether oxygens (including phenoxy) is 2. The van der Waals surface area contributed by atoms with Crippen LogP contribution in [0.25, 0.3) is 0 Å². The molecule has 6 rings (SSSR count).